The van der Waals surface area contributed by atoms with E-state index in [-0.39, 0.29) is 18.3 Å². The van der Waals surface area contributed by atoms with Gasteiger partial charge in [0.15, 0.2) is 0 Å². The number of halogens is 1. The van der Waals surface area contributed by atoms with Crippen molar-refractivity contribution in [2.45, 2.75) is 19.8 Å². The molecule has 0 saturated carbocycles. The number of ether oxygens (including phenoxy) is 1. The molecule has 0 aromatic heterocycles. The molecular formula is C21H27ClN2O2. The van der Waals surface area contributed by atoms with Gasteiger partial charge in [-0.05, 0) is 68.2 Å². The molecule has 0 atom stereocenters. The van der Waals surface area contributed by atoms with E-state index in [0.29, 0.717) is 5.92 Å². The molecule has 1 saturated heterocycles. The number of nitrogens with zero attached hydrogens (tertiary/aromatic N) is 1. The summed E-state index contributed by atoms with van der Waals surface area (Å²) in [5.41, 5.74) is 0.727. The van der Waals surface area contributed by atoms with E-state index in [1.165, 1.54) is 0 Å². The van der Waals surface area contributed by atoms with Crippen molar-refractivity contribution in [1.29, 1.82) is 0 Å². The maximum absolute atomic E-state index is 12.7. The quantitative estimate of drug-likeness (QED) is 0.816. The zero-order valence-corrected chi connectivity index (χ0v) is 16.0. The molecule has 0 unspecified atom stereocenters. The van der Waals surface area contributed by atoms with Crippen LogP contribution in [0.2, 0.25) is 0 Å². The van der Waals surface area contributed by atoms with Crippen LogP contribution < -0.4 is 10.1 Å². The number of carbonyl (C=O) groups excluding carboxylic acids is 1. The predicted molar refractivity (Wildman–Crippen MR) is 107 cm³/mol. The SMILES string of the molecule is CCNCC1CCN(C(=O)c2ccc(Oc3ccccc3)cc2)CC1.Cl. The molecular weight excluding hydrogens is 348 g/mol. The number of rotatable bonds is 6. The van der Waals surface area contributed by atoms with Crippen LogP contribution in [0, 0.1) is 5.92 Å². The van der Waals surface area contributed by atoms with Crippen molar-refractivity contribution in [2.75, 3.05) is 26.2 Å². The smallest absolute Gasteiger partial charge is 0.253 e. The van der Waals surface area contributed by atoms with Crippen molar-refractivity contribution in [3.05, 3.63) is 60.2 Å². The molecule has 2 aromatic carbocycles. The first-order chi connectivity index (χ1) is 12.3. The van der Waals surface area contributed by atoms with Gasteiger partial charge >= 0.3 is 0 Å². The Bertz CT molecular complexity index is 668. The Morgan fingerprint density at radius 3 is 2.27 bits per heavy atom. The summed E-state index contributed by atoms with van der Waals surface area (Å²) in [6.07, 6.45) is 2.15. The summed E-state index contributed by atoms with van der Waals surface area (Å²) < 4.78 is 5.78. The van der Waals surface area contributed by atoms with E-state index >= 15 is 0 Å². The number of para-hydroxylation sites is 1. The van der Waals surface area contributed by atoms with Crippen LogP contribution in [-0.2, 0) is 0 Å². The summed E-state index contributed by atoms with van der Waals surface area (Å²) in [6.45, 7) is 5.89. The molecule has 140 valence electrons. The van der Waals surface area contributed by atoms with Gasteiger partial charge in [0.1, 0.15) is 11.5 Å². The summed E-state index contributed by atoms with van der Waals surface area (Å²) >= 11 is 0. The second-order valence-corrected chi connectivity index (χ2v) is 6.48. The van der Waals surface area contributed by atoms with Gasteiger partial charge in [0.05, 0.1) is 0 Å². The van der Waals surface area contributed by atoms with Gasteiger partial charge in [-0.15, -0.1) is 12.4 Å². The summed E-state index contributed by atoms with van der Waals surface area (Å²) in [7, 11) is 0. The number of carbonyl (C=O) groups is 1. The van der Waals surface area contributed by atoms with Gasteiger partial charge < -0.3 is 15.0 Å². The molecule has 0 spiro atoms. The van der Waals surface area contributed by atoms with Gasteiger partial charge in [0, 0.05) is 18.7 Å². The molecule has 3 rings (SSSR count). The van der Waals surface area contributed by atoms with E-state index in [1.807, 2.05) is 59.5 Å². The lowest BCUT2D eigenvalue weighted by Crippen LogP contribution is -2.40. The van der Waals surface area contributed by atoms with E-state index in [2.05, 4.69) is 12.2 Å². The molecule has 2 aromatic rings. The summed E-state index contributed by atoms with van der Waals surface area (Å²) in [6, 6.07) is 17.1. The lowest BCUT2D eigenvalue weighted by Gasteiger charge is -2.32. The minimum Gasteiger partial charge on any atom is -0.457 e. The van der Waals surface area contributed by atoms with E-state index in [1.54, 1.807) is 0 Å². The van der Waals surface area contributed by atoms with Gasteiger partial charge in [-0.3, -0.25) is 4.79 Å². The number of hydrogen-bond donors (Lipinski definition) is 1. The predicted octanol–water partition coefficient (Wildman–Crippen LogP) is 4.36. The normalized spacial score (nSPS) is 14.6. The minimum absolute atomic E-state index is 0. The van der Waals surface area contributed by atoms with Crippen molar-refractivity contribution >= 4 is 18.3 Å². The molecule has 4 nitrogen and oxygen atoms in total. The van der Waals surface area contributed by atoms with Crippen LogP contribution in [0.1, 0.15) is 30.1 Å². The highest BCUT2D eigenvalue weighted by Gasteiger charge is 2.23. The summed E-state index contributed by atoms with van der Waals surface area (Å²) in [4.78, 5) is 14.6. The molecule has 1 amide bonds. The molecule has 1 aliphatic heterocycles. The van der Waals surface area contributed by atoms with Crippen molar-refractivity contribution in [3.8, 4) is 11.5 Å². The fourth-order valence-corrected chi connectivity index (χ4v) is 3.16. The minimum atomic E-state index is 0. The molecule has 0 bridgehead atoms. The Balaban J connectivity index is 0.00000243. The standard InChI is InChI=1S/C21H26N2O2.ClH/c1-2-22-16-17-12-14-23(15-13-17)21(24)18-8-10-20(11-9-18)25-19-6-4-3-5-7-19;/h3-11,17,22H,2,12-16H2,1H3;1H. The maximum Gasteiger partial charge on any atom is 0.253 e. The first-order valence-electron chi connectivity index (χ1n) is 9.09. The number of hydrogen-bond acceptors (Lipinski definition) is 3. The van der Waals surface area contributed by atoms with Crippen LogP contribution >= 0.6 is 12.4 Å². The first kappa shape index (κ1) is 20.3. The molecule has 1 aliphatic rings. The molecule has 26 heavy (non-hydrogen) atoms. The van der Waals surface area contributed by atoms with Gasteiger partial charge in [-0.1, -0.05) is 25.1 Å². The van der Waals surface area contributed by atoms with Gasteiger partial charge in [0.2, 0.25) is 0 Å². The van der Waals surface area contributed by atoms with Gasteiger partial charge in [0.25, 0.3) is 5.91 Å². The van der Waals surface area contributed by atoms with Crippen LogP contribution in [0.15, 0.2) is 54.6 Å². The van der Waals surface area contributed by atoms with E-state index < -0.39 is 0 Å². The van der Waals surface area contributed by atoms with Crippen LogP contribution in [0.5, 0.6) is 11.5 Å². The molecule has 0 radical (unpaired) electrons. The zero-order chi connectivity index (χ0) is 17.5. The van der Waals surface area contributed by atoms with Crippen molar-refractivity contribution in [1.82, 2.24) is 10.2 Å². The third-order valence-corrected chi connectivity index (χ3v) is 4.66. The Morgan fingerprint density at radius 1 is 1.04 bits per heavy atom. The topological polar surface area (TPSA) is 41.6 Å². The van der Waals surface area contributed by atoms with Gasteiger partial charge in [-0.2, -0.15) is 0 Å². The lowest BCUT2D eigenvalue weighted by molar-refractivity contribution is 0.0690. The fourth-order valence-electron chi connectivity index (χ4n) is 3.16. The number of amides is 1. The van der Waals surface area contributed by atoms with Crippen LogP contribution in [0.3, 0.4) is 0 Å². The maximum atomic E-state index is 12.7. The Hall–Kier alpha value is -2.04. The van der Waals surface area contributed by atoms with E-state index in [0.717, 1.165) is 56.1 Å². The molecule has 1 N–H and O–H groups in total. The lowest BCUT2D eigenvalue weighted by atomic mass is 9.96. The van der Waals surface area contributed by atoms with Crippen LogP contribution in [0.25, 0.3) is 0 Å². The Morgan fingerprint density at radius 2 is 1.65 bits per heavy atom. The average Bonchev–Trinajstić information content (AvgIpc) is 2.68. The summed E-state index contributed by atoms with van der Waals surface area (Å²) in [5.74, 6) is 2.34. The molecule has 5 heteroatoms. The monoisotopic (exact) mass is 374 g/mol. The third kappa shape index (κ3) is 5.48. The van der Waals surface area contributed by atoms with E-state index in [4.69, 9.17) is 4.74 Å². The number of nitrogens with one attached hydrogen (secondary N) is 1. The van der Waals surface area contributed by atoms with E-state index in [9.17, 15) is 4.79 Å². The molecule has 1 fully saturated rings. The molecule has 1 heterocycles. The number of piperidine rings is 1. The van der Waals surface area contributed by atoms with Crippen LogP contribution in [-0.4, -0.2) is 37.0 Å². The van der Waals surface area contributed by atoms with Gasteiger partial charge in [-0.25, -0.2) is 0 Å². The highest BCUT2D eigenvalue weighted by molar-refractivity contribution is 5.94. The first-order valence-corrected chi connectivity index (χ1v) is 9.09. The highest BCUT2D eigenvalue weighted by atomic mass is 35.5. The Labute approximate surface area is 162 Å². The largest absolute Gasteiger partial charge is 0.457 e. The number of likely N-dealkylation sites (tertiary alicyclic amines) is 1. The van der Waals surface area contributed by atoms with Crippen molar-refractivity contribution in [2.24, 2.45) is 5.92 Å². The second-order valence-electron chi connectivity index (χ2n) is 6.48. The molecule has 0 aliphatic carbocycles. The second kappa shape index (κ2) is 10.2. The third-order valence-electron chi connectivity index (χ3n) is 4.66. The number of benzene rings is 2. The fraction of sp³-hybridized carbons (Fsp3) is 0.381. The zero-order valence-electron chi connectivity index (χ0n) is 15.2. The van der Waals surface area contributed by atoms with Crippen molar-refractivity contribution in [3.63, 3.8) is 0 Å². The Kier molecular flexibility index (Phi) is 7.95. The van der Waals surface area contributed by atoms with Crippen LogP contribution in [0.4, 0.5) is 0 Å². The highest BCUT2D eigenvalue weighted by Crippen LogP contribution is 2.23. The summed E-state index contributed by atoms with van der Waals surface area (Å²) in [5, 5.41) is 3.40. The average molecular weight is 375 g/mol. The van der Waals surface area contributed by atoms with Crippen molar-refractivity contribution < 1.29 is 9.53 Å².